The minimum Gasteiger partial charge on any atom is -0.406 e. The number of hydrogen-bond acceptors (Lipinski definition) is 3. The van der Waals surface area contributed by atoms with Gasteiger partial charge in [0.2, 0.25) is 0 Å². The van der Waals surface area contributed by atoms with Crippen molar-refractivity contribution in [2.75, 3.05) is 18.0 Å². The quantitative estimate of drug-likeness (QED) is 0.394. The van der Waals surface area contributed by atoms with E-state index in [1.165, 1.54) is 49.9 Å². The third kappa shape index (κ3) is 9.07. The average molecular weight is 531 g/mol. The first-order valence-corrected chi connectivity index (χ1v) is 13.9. The molecule has 38 heavy (non-hydrogen) atoms. The number of fused-ring (bicyclic) bond motifs is 1. The highest BCUT2D eigenvalue weighted by atomic mass is 19.4. The first-order valence-electron chi connectivity index (χ1n) is 13.9. The van der Waals surface area contributed by atoms with E-state index in [9.17, 15) is 13.2 Å². The molecule has 4 rings (SSSR count). The molecule has 0 amide bonds. The third-order valence-corrected chi connectivity index (χ3v) is 7.18. The summed E-state index contributed by atoms with van der Waals surface area (Å²) < 4.78 is 40.6. The van der Waals surface area contributed by atoms with Gasteiger partial charge in [0.05, 0.1) is 0 Å². The van der Waals surface area contributed by atoms with Gasteiger partial charge >= 0.3 is 6.36 Å². The van der Waals surface area contributed by atoms with Crippen molar-refractivity contribution in [2.24, 2.45) is 0 Å². The predicted molar refractivity (Wildman–Crippen MR) is 153 cm³/mol. The molecule has 1 atom stereocenters. The molecular formula is C32H45F3N2O. The van der Waals surface area contributed by atoms with Crippen molar-refractivity contribution in [3.63, 3.8) is 0 Å². The number of benzene rings is 2. The van der Waals surface area contributed by atoms with E-state index in [-0.39, 0.29) is 16.8 Å². The summed E-state index contributed by atoms with van der Waals surface area (Å²) in [5.41, 5.74) is 3.45. The van der Waals surface area contributed by atoms with Crippen molar-refractivity contribution in [1.29, 1.82) is 0 Å². The molecule has 1 fully saturated rings. The highest BCUT2D eigenvalue weighted by Gasteiger charge is 2.32. The minimum atomic E-state index is -4.63. The second kappa shape index (κ2) is 12.6. The fourth-order valence-electron chi connectivity index (χ4n) is 5.42. The summed E-state index contributed by atoms with van der Waals surface area (Å²) >= 11 is 0. The Morgan fingerprint density at radius 1 is 0.816 bits per heavy atom. The maximum Gasteiger partial charge on any atom is 0.573 e. The van der Waals surface area contributed by atoms with Crippen LogP contribution in [0.3, 0.4) is 0 Å². The first kappa shape index (κ1) is 30.1. The molecule has 0 aromatic heterocycles. The standard InChI is InChI=1S/C18H27N.C14H18F3NO/c1-18(2,3)19-15-9-5-8-12-17(19)14-13-16-10-6-4-7-11-16;1-13(2,3)18-8-4-5-10-9-11(6-7-12(10)18)19-14(15,16)17/h4,6-7,10-11,13-14,17H,5,8-9,12,15H2,1-3H3;6-7,9H,4-5,8H2,1-3H3/b14-13+;. The van der Waals surface area contributed by atoms with Crippen LogP contribution in [0.25, 0.3) is 6.08 Å². The lowest BCUT2D eigenvalue weighted by Gasteiger charge is -2.41. The predicted octanol–water partition coefficient (Wildman–Crippen LogP) is 8.88. The van der Waals surface area contributed by atoms with Gasteiger partial charge in [0.15, 0.2) is 0 Å². The Labute approximate surface area is 227 Å². The van der Waals surface area contributed by atoms with Crippen LogP contribution in [0.4, 0.5) is 18.9 Å². The Morgan fingerprint density at radius 2 is 1.53 bits per heavy atom. The second-order valence-corrected chi connectivity index (χ2v) is 12.3. The van der Waals surface area contributed by atoms with E-state index < -0.39 is 6.36 Å². The van der Waals surface area contributed by atoms with E-state index in [4.69, 9.17) is 0 Å². The molecular weight excluding hydrogens is 485 g/mol. The summed E-state index contributed by atoms with van der Waals surface area (Å²) in [5, 5.41) is 0. The molecule has 0 saturated carbocycles. The zero-order chi connectivity index (χ0) is 28.0. The molecule has 2 aliphatic heterocycles. The molecule has 6 heteroatoms. The smallest absolute Gasteiger partial charge is 0.406 e. The van der Waals surface area contributed by atoms with Gasteiger partial charge in [-0.3, -0.25) is 4.90 Å². The Morgan fingerprint density at radius 3 is 2.16 bits per heavy atom. The molecule has 2 aromatic carbocycles. The van der Waals surface area contributed by atoms with E-state index in [1.54, 1.807) is 6.07 Å². The first-order chi connectivity index (χ1) is 17.7. The van der Waals surface area contributed by atoms with Crippen LogP contribution < -0.4 is 9.64 Å². The zero-order valence-electron chi connectivity index (χ0n) is 23.9. The molecule has 2 aliphatic rings. The Kier molecular flexibility index (Phi) is 9.96. The number of halogens is 3. The van der Waals surface area contributed by atoms with Crippen molar-refractivity contribution in [2.45, 2.75) is 104 Å². The topological polar surface area (TPSA) is 15.7 Å². The van der Waals surface area contributed by atoms with Crippen LogP contribution >= 0.6 is 0 Å². The zero-order valence-corrected chi connectivity index (χ0v) is 23.9. The molecule has 0 radical (unpaired) electrons. The number of aryl methyl sites for hydroxylation is 1. The van der Waals surface area contributed by atoms with Crippen molar-refractivity contribution >= 4 is 11.8 Å². The molecule has 3 nitrogen and oxygen atoms in total. The van der Waals surface area contributed by atoms with Gasteiger partial charge in [-0.25, -0.2) is 0 Å². The summed E-state index contributed by atoms with van der Waals surface area (Å²) in [6, 6.07) is 15.8. The van der Waals surface area contributed by atoms with Crippen molar-refractivity contribution in [3.8, 4) is 5.75 Å². The number of hydrogen-bond donors (Lipinski definition) is 0. The number of likely N-dealkylation sites (tertiary alicyclic amines) is 1. The maximum absolute atomic E-state index is 12.2. The molecule has 210 valence electrons. The van der Waals surface area contributed by atoms with Gasteiger partial charge in [-0.05, 0) is 103 Å². The van der Waals surface area contributed by atoms with Crippen LogP contribution in [-0.4, -0.2) is 41.5 Å². The average Bonchev–Trinajstić information content (AvgIpc) is 3.07. The van der Waals surface area contributed by atoms with Gasteiger partial charge in [0.1, 0.15) is 5.75 Å². The summed E-state index contributed by atoms with van der Waals surface area (Å²) in [7, 11) is 0. The highest BCUT2D eigenvalue weighted by Crippen LogP contribution is 2.36. The lowest BCUT2D eigenvalue weighted by atomic mass is 9.95. The largest absolute Gasteiger partial charge is 0.573 e. The number of alkyl halides is 3. The molecule has 1 unspecified atom stereocenters. The van der Waals surface area contributed by atoms with E-state index in [0.29, 0.717) is 6.04 Å². The number of ether oxygens (including phenoxy) is 1. The molecule has 2 heterocycles. The van der Waals surface area contributed by atoms with Gasteiger partial charge in [-0.1, -0.05) is 55.3 Å². The summed E-state index contributed by atoms with van der Waals surface area (Å²) in [5.74, 6) is -0.137. The van der Waals surface area contributed by atoms with Gasteiger partial charge < -0.3 is 9.64 Å². The Bertz CT molecular complexity index is 1040. The monoisotopic (exact) mass is 530 g/mol. The summed E-state index contributed by atoms with van der Waals surface area (Å²) in [4.78, 5) is 4.89. The van der Waals surface area contributed by atoms with E-state index >= 15 is 0 Å². The van der Waals surface area contributed by atoms with Crippen LogP contribution in [0.2, 0.25) is 0 Å². The van der Waals surface area contributed by atoms with Crippen LogP contribution in [0.1, 0.15) is 84.8 Å². The molecule has 0 bridgehead atoms. The fourth-order valence-corrected chi connectivity index (χ4v) is 5.42. The van der Waals surface area contributed by atoms with Gasteiger partial charge in [-0.15, -0.1) is 13.2 Å². The summed E-state index contributed by atoms with van der Waals surface area (Å²) in [6.45, 7) is 15.5. The van der Waals surface area contributed by atoms with E-state index in [2.05, 4.69) is 98.6 Å². The number of anilines is 1. The fraction of sp³-hybridized carbons (Fsp3) is 0.562. The number of rotatable bonds is 3. The van der Waals surface area contributed by atoms with Crippen molar-refractivity contribution < 1.29 is 17.9 Å². The van der Waals surface area contributed by atoms with E-state index in [0.717, 1.165) is 30.6 Å². The Balaban J connectivity index is 0.000000211. The van der Waals surface area contributed by atoms with Gasteiger partial charge in [0, 0.05) is 29.4 Å². The van der Waals surface area contributed by atoms with Gasteiger partial charge in [0.25, 0.3) is 0 Å². The molecule has 1 saturated heterocycles. The van der Waals surface area contributed by atoms with Crippen molar-refractivity contribution in [1.82, 2.24) is 4.90 Å². The van der Waals surface area contributed by atoms with Crippen LogP contribution in [0.15, 0.2) is 54.6 Å². The van der Waals surface area contributed by atoms with Crippen LogP contribution in [0, 0.1) is 0 Å². The lowest BCUT2D eigenvalue weighted by Crippen LogP contribution is -2.47. The van der Waals surface area contributed by atoms with E-state index in [1.807, 2.05) is 0 Å². The lowest BCUT2D eigenvalue weighted by molar-refractivity contribution is -0.274. The number of nitrogens with zero attached hydrogens (tertiary/aromatic N) is 2. The second-order valence-electron chi connectivity index (χ2n) is 12.3. The van der Waals surface area contributed by atoms with Gasteiger partial charge in [-0.2, -0.15) is 0 Å². The molecule has 0 N–H and O–H groups in total. The normalized spacial score (nSPS) is 19.4. The van der Waals surface area contributed by atoms with Crippen LogP contribution in [-0.2, 0) is 6.42 Å². The maximum atomic E-state index is 12.2. The Hall–Kier alpha value is -2.47. The highest BCUT2D eigenvalue weighted by molar-refractivity contribution is 5.59. The van der Waals surface area contributed by atoms with Crippen molar-refractivity contribution in [3.05, 3.63) is 65.7 Å². The molecule has 2 aromatic rings. The minimum absolute atomic E-state index is 0.0401. The third-order valence-electron chi connectivity index (χ3n) is 7.18. The summed E-state index contributed by atoms with van der Waals surface area (Å²) in [6.07, 6.45) is 7.16. The SMILES string of the molecule is CC(C)(C)N1CCCCCC1/C=C/c1ccccc1.CC(C)(C)N1CCCc2cc(OC(F)(F)F)ccc21. The molecule has 0 aliphatic carbocycles. The van der Waals surface area contributed by atoms with Crippen LogP contribution in [0.5, 0.6) is 5.75 Å². The molecule has 0 spiro atoms.